The fourth-order valence-corrected chi connectivity index (χ4v) is 3.02. The van der Waals surface area contributed by atoms with Gasteiger partial charge in [-0.2, -0.15) is 5.26 Å². The Morgan fingerprint density at radius 3 is 2.52 bits per heavy atom. The Morgan fingerprint density at radius 2 is 1.86 bits per heavy atom. The summed E-state index contributed by atoms with van der Waals surface area (Å²) in [6.07, 6.45) is 2.97. The molecular formula is C22H15IN2O4. The third-order valence-electron chi connectivity index (χ3n) is 3.86. The van der Waals surface area contributed by atoms with E-state index in [0.717, 1.165) is 3.57 Å². The van der Waals surface area contributed by atoms with Crippen molar-refractivity contribution in [2.75, 3.05) is 0 Å². The Balaban J connectivity index is 1.65. The van der Waals surface area contributed by atoms with Crippen molar-refractivity contribution in [1.82, 2.24) is 5.32 Å². The molecule has 6 nitrogen and oxygen atoms in total. The molecule has 3 aromatic rings. The van der Waals surface area contributed by atoms with E-state index in [2.05, 4.69) is 27.9 Å². The second-order valence-electron chi connectivity index (χ2n) is 5.87. The van der Waals surface area contributed by atoms with Crippen LogP contribution in [-0.2, 0) is 11.3 Å². The molecule has 0 radical (unpaired) electrons. The van der Waals surface area contributed by atoms with Crippen LogP contribution in [0.3, 0.4) is 0 Å². The largest absolute Gasteiger partial charge is 0.467 e. The van der Waals surface area contributed by atoms with Crippen molar-refractivity contribution in [2.45, 2.75) is 6.54 Å². The van der Waals surface area contributed by atoms with Gasteiger partial charge in [0.05, 0.1) is 18.4 Å². The lowest BCUT2D eigenvalue weighted by Gasteiger charge is -2.06. The van der Waals surface area contributed by atoms with Gasteiger partial charge in [0.25, 0.3) is 5.91 Å². The zero-order valence-electron chi connectivity index (χ0n) is 15.1. The monoisotopic (exact) mass is 498 g/mol. The number of carbonyl (C=O) groups is 2. The van der Waals surface area contributed by atoms with Gasteiger partial charge in [-0.25, -0.2) is 4.79 Å². The molecule has 7 heteroatoms. The van der Waals surface area contributed by atoms with Crippen molar-refractivity contribution in [3.8, 4) is 11.8 Å². The first kappa shape index (κ1) is 20.4. The average Bonchev–Trinajstić information content (AvgIpc) is 3.25. The predicted molar refractivity (Wildman–Crippen MR) is 115 cm³/mol. The zero-order chi connectivity index (χ0) is 20.6. The second kappa shape index (κ2) is 9.71. The van der Waals surface area contributed by atoms with E-state index in [9.17, 15) is 14.9 Å². The molecule has 1 heterocycles. The molecule has 1 aromatic heterocycles. The summed E-state index contributed by atoms with van der Waals surface area (Å²) in [5.41, 5.74) is 1.07. The minimum Gasteiger partial charge on any atom is -0.467 e. The molecule has 0 unspecified atom stereocenters. The van der Waals surface area contributed by atoms with Gasteiger partial charge in [-0.05, 0) is 70.6 Å². The Hall–Kier alpha value is -3.38. The van der Waals surface area contributed by atoms with Crippen LogP contribution in [-0.4, -0.2) is 11.9 Å². The number of hydrogen-bond donors (Lipinski definition) is 1. The first-order chi connectivity index (χ1) is 14.1. The normalized spacial score (nSPS) is 10.8. The van der Waals surface area contributed by atoms with Crippen LogP contribution in [0.15, 0.2) is 76.9 Å². The van der Waals surface area contributed by atoms with Gasteiger partial charge in [0, 0.05) is 3.57 Å². The Bertz CT molecular complexity index is 1080. The molecule has 0 aliphatic carbocycles. The van der Waals surface area contributed by atoms with E-state index in [1.165, 1.54) is 12.3 Å². The summed E-state index contributed by atoms with van der Waals surface area (Å²) in [7, 11) is 0. The molecule has 2 aromatic carbocycles. The number of nitriles is 1. The molecule has 1 N–H and O–H groups in total. The third kappa shape index (κ3) is 5.56. The number of nitrogens with one attached hydrogen (secondary N) is 1. The highest BCUT2D eigenvalue weighted by molar-refractivity contribution is 14.1. The third-order valence-corrected chi connectivity index (χ3v) is 4.80. The molecule has 3 rings (SSSR count). The number of rotatable bonds is 6. The number of esters is 1. The van der Waals surface area contributed by atoms with Crippen LogP contribution in [0.4, 0.5) is 0 Å². The van der Waals surface area contributed by atoms with Gasteiger partial charge in [-0.1, -0.05) is 24.3 Å². The summed E-state index contributed by atoms with van der Waals surface area (Å²) in [6, 6.07) is 19.0. The molecule has 0 bridgehead atoms. The molecule has 0 atom stereocenters. The number of ether oxygens (including phenoxy) is 1. The number of nitrogens with zero attached hydrogens (tertiary/aromatic N) is 1. The van der Waals surface area contributed by atoms with Crippen molar-refractivity contribution >= 4 is 40.5 Å². The van der Waals surface area contributed by atoms with Crippen molar-refractivity contribution < 1.29 is 18.7 Å². The minimum atomic E-state index is -0.502. The predicted octanol–water partition coefficient (Wildman–Crippen LogP) is 4.33. The maximum Gasteiger partial charge on any atom is 0.344 e. The van der Waals surface area contributed by atoms with Crippen LogP contribution in [0.1, 0.15) is 21.7 Å². The van der Waals surface area contributed by atoms with Crippen molar-refractivity contribution in [3.63, 3.8) is 0 Å². The lowest BCUT2D eigenvalue weighted by Crippen LogP contribution is -2.23. The van der Waals surface area contributed by atoms with Crippen LogP contribution in [0.2, 0.25) is 0 Å². The van der Waals surface area contributed by atoms with Crippen LogP contribution in [0.25, 0.3) is 6.08 Å². The van der Waals surface area contributed by atoms with E-state index in [0.29, 0.717) is 22.6 Å². The minimum absolute atomic E-state index is 0.0415. The maximum absolute atomic E-state index is 12.3. The first-order valence-electron chi connectivity index (χ1n) is 8.56. The number of furan rings is 1. The van der Waals surface area contributed by atoms with Crippen LogP contribution >= 0.6 is 22.6 Å². The summed E-state index contributed by atoms with van der Waals surface area (Å²) in [6.45, 7) is 0.192. The SMILES string of the molecule is N#C/C(=C\c1ccc(OC(=O)c2ccccc2I)cc1)C(=O)NCc1ccco1. The number of halogens is 1. The van der Waals surface area contributed by atoms with Gasteiger partial charge < -0.3 is 14.5 Å². The zero-order valence-corrected chi connectivity index (χ0v) is 17.3. The quantitative estimate of drug-likeness (QED) is 0.180. The van der Waals surface area contributed by atoms with Crippen molar-refractivity contribution in [1.29, 1.82) is 5.26 Å². The highest BCUT2D eigenvalue weighted by Crippen LogP contribution is 2.18. The second-order valence-corrected chi connectivity index (χ2v) is 7.03. The number of benzene rings is 2. The van der Waals surface area contributed by atoms with Gasteiger partial charge in [0.1, 0.15) is 23.2 Å². The fraction of sp³-hybridized carbons (Fsp3) is 0.0455. The van der Waals surface area contributed by atoms with E-state index in [4.69, 9.17) is 9.15 Å². The molecule has 0 spiro atoms. The molecule has 1 amide bonds. The van der Waals surface area contributed by atoms with E-state index < -0.39 is 11.9 Å². The summed E-state index contributed by atoms with van der Waals surface area (Å²) in [5.74, 6) is 0.00818. The van der Waals surface area contributed by atoms with Crippen molar-refractivity contribution in [3.05, 3.63) is 93.0 Å². The summed E-state index contributed by atoms with van der Waals surface area (Å²) in [5, 5.41) is 11.9. The number of amides is 1. The highest BCUT2D eigenvalue weighted by atomic mass is 127. The highest BCUT2D eigenvalue weighted by Gasteiger charge is 2.12. The van der Waals surface area contributed by atoms with E-state index in [1.807, 2.05) is 18.2 Å². The lowest BCUT2D eigenvalue weighted by atomic mass is 10.1. The smallest absolute Gasteiger partial charge is 0.344 e. The lowest BCUT2D eigenvalue weighted by molar-refractivity contribution is -0.117. The molecule has 0 fully saturated rings. The van der Waals surface area contributed by atoms with Crippen LogP contribution < -0.4 is 10.1 Å². The molecule has 29 heavy (non-hydrogen) atoms. The van der Waals surface area contributed by atoms with Gasteiger partial charge in [0.15, 0.2) is 0 Å². The van der Waals surface area contributed by atoms with Crippen LogP contribution in [0, 0.1) is 14.9 Å². The van der Waals surface area contributed by atoms with Gasteiger partial charge >= 0.3 is 5.97 Å². The Kier molecular flexibility index (Phi) is 6.81. The summed E-state index contributed by atoms with van der Waals surface area (Å²) in [4.78, 5) is 24.4. The van der Waals surface area contributed by atoms with E-state index in [1.54, 1.807) is 48.5 Å². The Labute approximate surface area is 180 Å². The molecular weight excluding hydrogens is 483 g/mol. The topological polar surface area (TPSA) is 92.3 Å². The van der Waals surface area contributed by atoms with Gasteiger partial charge in [-0.3, -0.25) is 4.79 Å². The maximum atomic E-state index is 12.3. The van der Waals surface area contributed by atoms with Crippen LogP contribution in [0.5, 0.6) is 5.75 Å². The first-order valence-corrected chi connectivity index (χ1v) is 9.64. The van der Waals surface area contributed by atoms with E-state index in [-0.39, 0.29) is 12.1 Å². The van der Waals surface area contributed by atoms with E-state index >= 15 is 0 Å². The molecule has 0 saturated carbocycles. The van der Waals surface area contributed by atoms with Gasteiger partial charge in [-0.15, -0.1) is 0 Å². The summed E-state index contributed by atoms with van der Waals surface area (Å²) < 4.78 is 11.3. The average molecular weight is 498 g/mol. The molecule has 144 valence electrons. The van der Waals surface area contributed by atoms with Gasteiger partial charge in [0.2, 0.25) is 0 Å². The molecule has 0 saturated heterocycles. The molecule has 0 aliphatic rings. The fourth-order valence-electron chi connectivity index (χ4n) is 2.41. The van der Waals surface area contributed by atoms with Crippen molar-refractivity contribution in [2.24, 2.45) is 0 Å². The summed E-state index contributed by atoms with van der Waals surface area (Å²) >= 11 is 2.07. The Morgan fingerprint density at radius 1 is 1.10 bits per heavy atom. The number of carbonyl (C=O) groups excluding carboxylic acids is 2. The molecule has 0 aliphatic heterocycles. The number of hydrogen-bond acceptors (Lipinski definition) is 5. The standard InChI is InChI=1S/C22H15IN2O4/c23-20-6-2-1-5-19(20)22(27)29-17-9-7-15(8-10-17)12-16(13-24)21(26)25-14-18-4-3-11-28-18/h1-12H,14H2,(H,25,26)/b16-12+.